The van der Waals surface area contributed by atoms with Crippen LogP contribution in [0.25, 0.3) is 22.3 Å². The van der Waals surface area contributed by atoms with Crippen LogP contribution in [0, 0.1) is 17.5 Å². The van der Waals surface area contributed by atoms with Crippen molar-refractivity contribution in [3.8, 4) is 22.6 Å². The van der Waals surface area contributed by atoms with Gasteiger partial charge >= 0.3 is 11.7 Å². The molecule has 14 heteroatoms. The Bertz CT molecular complexity index is 1980. The van der Waals surface area contributed by atoms with Gasteiger partial charge in [-0.15, -0.1) is 0 Å². The monoisotopic (exact) mass is 608 g/mol. The van der Waals surface area contributed by atoms with Crippen molar-refractivity contribution in [2.45, 2.75) is 13.1 Å². The summed E-state index contributed by atoms with van der Waals surface area (Å²) >= 11 is 0. The smallest absolute Gasteiger partial charge is 0.351 e. The van der Waals surface area contributed by atoms with E-state index in [2.05, 4.69) is 15.6 Å². The second-order valence-electron chi connectivity index (χ2n) is 10.1. The highest BCUT2D eigenvalue weighted by molar-refractivity contribution is 5.89. The van der Waals surface area contributed by atoms with Crippen LogP contribution in [0.4, 0.5) is 23.7 Å². The highest BCUT2D eigenvalue weighted by Crippen LogP contribution is 2.30. The number of amides is 2. The lowest BCUT2D eigenvalue weighted by atomic mass is 10.0. The fourth-order valence-electron chi connectivity index (χ4n) is 4.93. The van der Waals surface area contributed by atoms with E-state index in [-0.39, 0.29) is 12.1 Å². The SMILES string of the molecule is CONC(=O)Nc1ccc(-c2cn3c(c2CN(C)C)c(=O)n(-c2cccc(O)c2F)c(=O)n3Cc2c(F)cccc2F)cc1. The Labute approximate surface area is 247 Å². The van der Waals surface area contributed by atoms with E-state index in [9.17, 15) is 28.3 Å². The Hall–Kier alpha value is -5.34. The first-order valence-electron chi connectivity index (χ1n) is 13.2. The molecule has 0 unspecified atom stereocenters. The van der Waals surface area contributed by atoms with Gasteiger partial charge in [0.05, 0.1) is 19.3 Å². The highest BCUT2D eigenvalue weighted by Gasteiger charge is 2.25. The predicted molar refractivity (Wildman–Crippen MR) is 156 cm³/mol. The van der Waals surface area contributed by atoms with Crippen LogP contribution in [0.2, 0.25) is 0 Å². The van der Waals surface area contributed by atoms with Gasteiger partial charge in [-0.05, 0) is 56.1 Å². The molecule has 2 aromatic heterocycles. The van der Waals surface area contributed by atoms with Crippen molar-refractivity contribution in [2.75, 3.05) is 26.5 Å². The number of benzene rings is 3. The summed E-state index contributed by atoms with van der Waals surface area (Å²) in [5, 5.41) is 12.6. The van der Waals surface area contributed by atoms with Crippen LogP contribution in [0.15, 0.2) is 76.4 Å². The molecule has 3 N–H and O–H groups in total. The molecule has 5 rings (SSSR count). The molecule has 0 aliphatic heterocycles. The fourth-order valence-corrected chi connectivity index (χ4v) is 4.93. The highest BCUT2D eigenvalue weighted by atomic mass is 19.1. The summed E-state index contributed by atoms with van der Waals surface area (Å²) in [5.41, 5.74) is 0.990. The molecule has 0 saturated heterocycles. The van der Waals surface area contributed by atoms with Gasteiger partial charge in [-0.25, -0.2) is 37.5 Å². The zero-order chi connectivity index (χ0) is 31.7. The summed E-state index contributed by atoms with van der Waals surface area (Å²) in [6, 6.07) is 12.7. The Morgan fingerprint density at radius 2 is 1.61 bits per heavy atom. The molecule has 3 aromatic carbocycles. The zero-order valence-corrected chi connectivity index (χ0v) is 23.8. The number of phenols is 1. The van der Waals surface area contributed by atoms with E-state index in [1.54, 1.807) is 43.3 Å². The quantitative estimate of drug-likeness (QED) is 0.230. The number of fused-ring (bicyclic) bond motifs is 1. The summed E-state index contributed by atoms with van der Waals surface area (Å²) in [6.07, 6.45) is 1.49. The van der Waals surface area contributed by atoms with Crippen molar-refractivity contribution in [2.24, 2.45) is 0 Å². The van der Waals surface area contributed by atoms with E-state index in [0.717, 1.165) is 28.9 Å². The van der Waals surface area contributed by atoms with Crippen molar-refractivity contribution in [1.82, 2.24) is 24.1 Å². The number of nitrogens with zero attached hydrogens (tertiary/aromatic N) is 4. The zero-order valence-electron chi connectivity index (χ0n) is 23.8. The first-order valence-corrected chi connectivity index (χ1v) is 13.2. The van der Waals surface area contributed by atoms with Gasteiger partial charge < -0.3 is 15.3 Å². The maximum absolute atomic E-state index is 15.2. The molecule has 2 amide bonds. The first-order chi connectivity index (χ1) is 21.0. The standard InChI is InChI=1S/C30H27F3N6O5/c1-36(2)14-20-19(17-10-12-18(13-11-17)34-29(42)35-44-3)15-37-27(20)28(41)39(24-8-5-9-25(40)26(24)33)30(43)38(37)16-21-22(31)6-4-7-23(21)32/h4-13,15,40H,14,16H2,1-3H3,(H2,34,35,42). The molecule has 0 saturated carbocycles. The fraction of sp³-hybridized carbons (Fsp3) is 0.167. The van der Waals surface area contributed by atoms with E-state index >= 15 is 4.39 Å². The van der Waals surface area contributed by atoms with Crippen molar-refractivity contribution in [3.05, 3.63) is 116 Å². The lowest BCUT2D eigenvalue weighted by Gasteiger charge is -2.16. The lowest BCUT2D eigenvalue weighted by Crippen LogP contribution is -2.43. The summed E-state index contributed by atoms with van der Waals surface area (Å²) in [7, 11) is 4.80. The molecule has 0 spiro atoms. The van der Waals surface area contributed by atoms with Gasteiger partial charge in [0, 0.05) is 35.1 Å². The third-order valence-electron chi connectivity index (χ3n) is 6.86. The van der Waals surface area contributed by atoms with Crippen molar-refractivity contribution >= 4 is 17.2 Å². The van der Waals surface area contributed by atoms with Crippen LogP contribution in [0.1, 0.15) is 11.1 Å². The molecular formula is C30H27F3N6O5. The van der Waals surface area contributed by atoms with Gasteiger partial charge in [-0.2, -0.15) is 0 Å². The van der Waals surface area contributed by atoms with Crippen LogP contribution >= 0.6 is 0 Å². The molecule has 0 fully saturated rings. The topological polar surface area (TPSA) is 122 Å². The predicted octanol–water partition coefficient (Wildman–Crippen LogP) is 3.83. The molecule has 0 atom stereocenters. The van der Waals surface area contributed by atoms with Gasteiger partial charge in [0.1, 0.15) is 17.2 Å². The number of hydrogen-bond acceptors (Lipinski definition) is 6. The minimum absolute atomic E-state index is 0.0607. The number of phenolic OH excluding ortho intramolecular Hbond substituents is 1. The molecule has 0 aliphatic carbocycles. The molecule has 44 heavy (non-hydrogen) atoms. The maximum atomic E-state index is 15.2. The summed E-state index contributed by atoms with van der Waals surface area (Å²) in [4.78, 5) is 46.2. The van der Waals surface area contributed by atoms with Crippen LogP contribution < -0.4 is 22.0 Å². The van der Waals surface area contributed by atoms with Crippen molar-refractivity contribution in [1.29, 1.82) is 0 Å². The molecule has 228 valence electrons. The Balaban J connectivity index is 1.82. The summed E-state index contributed by atoms with van der Waals surface area (Å²) in [5.74, 6) is -3.86. The number of halogens is 3. The maximum Gasteiger partial charge on any atom is 0.351 e. The second-order valence-corrected chi connectivity index (χ2v) is 10.1. The molecule has 2 heterocycles. The van der Waals surface area contributed by atoms with Crippen molar-refractivity contribution < 1.29 is 27.9 Å². The van der Waals surface area contributed by atoms with Gasteiger partial charge in [0.15, 0.2) is 11.6 Å². The molecule has 5 aromatic rings. The molecule has 0 bridgehead atoms. The van der Waals surface area contributed by atoms with Crippen LogP contribution in [-0.4, -0.2) is 51.0 Å². The number of aromatic nitrogens is 3. The van der Waals surface area contributed by atoms with E-state index in [1.807, 2.05) is 0 Å². The second kappa shape index (κ2) is 12.1. The minimum Gasteiger partial charge on any atom is -0.505 e. The average Bonchev–Trinajstić information content (AvgIpc) is 3.33. The largest absolute Gasteiger partial charge is 0.505 e. The minimum atomic E-state index is -1.22. The number of hydrogen-bond donors (Lipinski definition) is 3. The van der Waals surface area contributed by atoms with E-state index in [4.69, 9.17) is 0 Å². The summed E-state index contributed by atoms with van der Waals surface area (Å²) < 4.78 is 47.4. The molecule has 0 radical (unpaired) electrons. The number of carbonyl (C=O) groups excluding carboxylic acids is 1. The lowest BCUT2D eigenvalue weighted by molar-refractivity contribution is 0.114. The number of nitrogens with one attached hydrogen (secondary N) is 2. The number of urea groups is 1. The average molecular weight is 609 g/mol. The number of anilines is 1. The first kappa shape index (κ1) is 30.1. The van der Waals surface area contributed by atoms with E-state index in [1.165, 1.54) is 30.0 Å². The third kappa shape index (κ3) is 5.55. The third-order valence-corrected chi connectivity index (χ3v) is 6.86. The number of hydroxylamine groups is 1. The van der Waals surface area contributed by atoms with E-state index < -0.39 is 58.3 Å². The Kier molecular flexibility index (Phi) is 8.29. The van der Waals surface area contributed by atoms with Crippen LogP contribution in [-0.2, 0) is 17.9 Å². The molecular weight excluding hydrogens is 581 g/mol. The number of carbonyl (C=O) groups is 1. The molecule has 0 aliphatic rings. The van der Waals surface area contributed by atoms with Crippen LogP contribution in [0.5, 0.6) is 5.75 Å². The van der Waals surface area contributed by atoms with Crippen molar-refractivity contribution in [3.63, 3.8) is 0 Å². The van der Waals surface area contributed by atoms with Crippen LogP contribution in [0.3, 0.4) is 0 Å². The Morgan fingerprint density at radius 1 is 0.955 bits per heavy atom. The number of aromatic hydroxyl groups is 1. The van der Waals surface area contributed by atoms with Gasteiger partial charge in [-0.1, -0.05) is 24.3 Å². The Morgan fingerprint density at radius 3 is 2.25 bits per heavy atom. The summed E-state index contributed by atoms with van der Waals surface area (Å²) in [6.45, 7) is -0.479. The normalized spacial score (nSPS) is 11.3. The van der Waals surface area contributed by atoms with Gasteiger partial charge in [0.2, 0.25) is 0 Å². The number of rotatable bonds is 8. The molecule has 11 nitrogen and oxygen atoms in total. The van der Waals surface area contributed by atoms with Gasteiger partial charge in [0.25, 0.3) is 5.56 Å². The van der Waals surface area contributed by atoms with Gasteiger partial charge in [-0.3, -0.25) is 14.1 Å². The van der Waals surface area contributed by atoms with E-state index in [0.29, 0.717) is 26.9 Å².